The van der Waals surface area contributed by atoms with Crippen LogP contribution in [0.25, 0.3) is 0 Å². The fraction of sp³-hybridized carbons (Fsp3) is 0.565. The molecule has 31 heavy (non-hydrogen) atoms. The summed E-state index contributed by atoms with van der Waals surface area (Å²) in [4.78, 5) is 8.98. The molecule has 0 unspecified atom stereocenters. The first-order valence-electron chi connectivity index (χ1n) is 10.5. The SMILES string of the molecule is CC(C)(C)c1nccc(C[C@@H]2[C@@H](CO)[C@H](O)C[C@H]2NCc2ccccc2C(F)(F)F)n1. The van der Waals surface area contributed by atoms with Gasteiger partial charge in [-0.05, 0) is 36.5 Å². The molecule has 1 aliphatic rings. The second-order valence-electron chi connectivity index (χ2n) is 9.28. The van der Waals surface area contributed by atoms with E-state index in [0.717, 1.165) is 11.8 Å². The summed E-state index contributed by atoms with van der Waals surface area (Å²) in [5, 5.41) is 23.5. The van der Waals surface area contributed by atoms with Crippen LogP contribution in [0.2, 0.25) is 0 Å². The van der Waals surface area contributed by atoms with Gasteiger partial charge in [-0.3, -0.25) is 0 Å². The first-order chi connectivity index (χ1) is 14.5. The van der Waals surface area contributed by atoms with E-state index in [1.54, 1.807) is 12.3 Å². The van der Waals surface area contributed by atoms with E-state index in [9.17, 15) is 23.4 Å². The molecular weight excluding hydrogens is 407 g/mol. The molecule has 0 amide bonds. The van der Waals surface area contributed by atoms with Crippen LogP contribution in [-0.2, 0) is 24.6 Å². The van der Waals surface area contributed by atoms with Gasteiger partial charge in [0.15, 0.2) is 0 Å². The summed E-state index contributed by atoms with van der Waals surface area (Å²) < 4.78 is 39.9. The molecule has 1 aromatic heterocycles. The lowest BCUT2D eigenvalue weighted by Gasteiger charge is -2.26. The van der Waals surface area contributed by atoms with Crippen LogP contribution in [0.1, 0.15) is 49.8 Å². The number of halogens is 3. The van der Waals surface area contributed by atoms with Crippen molar-refractivity contribution in [2.24, 2.45) is 11.8 Å². The molecule has 0 saturated heterocycles. The molecule has 0 aliphatic heterocycles. The van der Waals surface area contributed by atoms with Crippen molar-refractivity contribution >= 4 is 0 Å². The number of rotatable bonds is 6. The number of benzene rings is 1. The summed E-state index contributed by atoms with van der Waals surface area (Å²) in [6.45, 7) is 5.89. The Morgan fingerprint density at radius 2 is 1.81 bits per heavy atom. The number of hydrogen-bond donors (Lipinski definition) is 3. The number of aromatic nitrogens is 2. The van der Waals surface area contributed by atoms with Crippen molar-refractivity contribution in [1.29, 1.82) is 0 Å². The molecule has 1 aliphatic carbocycles. The zero-order valence-corrected chi connectivity index (χ0v) is 18.0. The van der Waals surface area contributed by atoms with Crippen LogP contribution < -0.4 is 5.32 Å². The summed E-state index contributed by atoms with van der Waals surface area (Å²) in [6, 6.07) is 7.05. The summed E-state index contributed by atoms with van der Waals surface area (Å²) in [5.41, 5.74) is 0.0650. The average Bonchev–Trinajstić information content (AvgIpc) is 2.99. The second kappa shape index (κ2) is 9.22. The van der Waals surface area contributed by atoms with Gasteiger partial charge in [-0.25, -0.2) is 9.97 Å². The van der Waals surface area contributed by atoms with E-state index in [1.165, 1.54) is 12.1 Å². The molecule has 0 radical (unpaired) electrons. The van der Waals surface area contributed by atoms with Crippen molar-refractivity contribution in [3.05, 3.63) is 59.2 Å². The van der Waals surface area contributed by atoms with Crippen molar-refractivity contribution in [2.45, 2.75) is 63.9 Å². The van der Waals surface area contributed by atoms with Crippen LogP contribution >= 0.6 is 0 Å². The van der Waals surface area contributed by atoms with Crippen molar-refractivity contribution < 1.29 is 23.4 Å². The Labute approximate surface area is 180 Å². The van der Waals surface area contributed by atoms with Crippen LogP contribution in [0.3, 0.4) is 0 Å². The zero-order valence-electron chi connectivity index (χ0n) is 18.0. The van der Waals surface area contributed by atoms with Crippen LogP contribution in [-0.4, -0.2) is 38.9 Å². The number of nitrogens with zero attached hydrogens (tertiary/aromatic N) is 2. The molecule has 1 heterocycles. The lowest BCUT2D eigenvalue weighted by Crippen LogP contribution is -2.36. The predicted octanol–water partition coefficient (Wildman–Crippen LogP) is 3.48. The molecule has 3 N–H and O–H groups in total. The lowest BCUT2D eigenvalue weighted by molar-refractivity contribution is -0.138. The summed E-state index contributed by atoms with van der Waals surface area (Å²) >= 11 is 0. The van der Waals surface area contributed by atoms with Gasteiger partial charge in [0.2, 0.25) is 0 Å². The highest BCUT2D eigenvalue weighted by Gasteiger charge is 2.42. The summed E-state index contributed by atoms with van der Waals surface area (Å²) in [7, 11) is 0. The largest absolute Gasteiger partial charge is 0.416 e. The number of aliphatic hydroxyl groups excluding tert-OH is 2. The average molecular weight is 438 g/mol. The molecule has 8 heteroatoms. The van der Waals surface area contributed by atoms with E-state index in [2.05, 4.69) is 15.3 Å². The van der Waals surface area contributed by atoms with E-state index in [1.807, 2.05) is 26.8 Å². The van der Waals surface area contributed by atoms with Crippen LogP contribution in [0.4, 0.5) is 13.2 Å². The number of aliphatic hydroxyl groups is 2. The molecule has 0 spiro atoms. The second-order valence-corrected chi connectivity index (χ2v) is 9.28. The molecule has 3 rings (SSSR count). The maximum atomic E-state index is 13.3. The van der Waals surface area contributed by atoms with E-state index in [-0.39, 0.29) is 42.0 Å². The minimum absolute atomic E-state index is 0.0265. The number of nitrogens with one attached hydrogen (secondary N) is 1. The topological polar surface area (TPSA) is 78.3 Å². The summed E-state index contributed by atoms with van der Waals surface area (Å²) in [5.74, 6) is 0.164. The van der Waals surface area contributed by atoms with Crippen molar-refractivity contribution in [3.8, 4) is 0 Å². The highest BCUT2D eigenvalue weighted by Crippen LogP contribution is 2.36. The maximum absolute atomic E-state index is 13.3. The van der Waals surface area contributed by atoms with Crippen molar-refractivity contribution in [3.63, 3.8) is 0 Å². The summed E-state index contributed by atoms with van der Waals surface area (Å²) in [6.07, 6.45) is -2.60. The molecule has 5 nitrogen and oxygen atoms in total. The maximum Gasteiger partial charge on any atom is 0.416 e. The highest BCUT2D eigenvalue weighted by molar-refractivity contribution is 5.29. The Bertz CT molecular complexity index is 883. The third-order valence-electron chi connectivity index (χ3n) is 5.97. The van der Waals surface area contributed by atoms with E-state index >= 15 is 0 Å². The predicted molar refractivity (Wildman–Crippen MR) is 111 cm³/mol. The Balaban J connectivity index is 1.79. The minimum atomic E-state index is -4.43. The third kappa shape index (κ3) is 5.61. The minimum Gasteiger partial charge on any atom is -0.396 e. The lowest BCUT2D eigenvalue weighted by atomic mass is 9.88. The van der Waals surface area contributed by atoms with Crippen LogP contribution in [0.15, 0.2) is 36.5 Å². The zero-order chi connectivity index (χ0) is 22.8. The van der Waals surface area contributed by atoms with Gasteiger partial charge in [-0.1, -0.05) is 39.0 Å². The molecule has 1 saturated carbocycles. The molecule has 1 fully saturated rings. The third-order valence-corrected chi connectivity index (χ3v) is 5.97. The normalized spacial score (nSPS) is 24.5. The Morgan fingerprint density at radius 3 is 2.45 bits per heavy atom. The first-order valence-corrected chi connectivity index (χ1v) is 10.5. The molecular formula is C23H30F3N3O2. The van der Waals surface area contributed by atoms with E-state index < -0.39 is 17.8 Å². The monoisotopic (exact) mass is 437 g/mol. The molecule has 1 aromatic carbocycles. The van der Waals surface area contributed by atoms with Gasteiger partial charge in [-0.15, -0.1) is 0 Å². The van der Waals surface area contributed by atoms with Crippen molar-refractivity contribution in [2.75, 3.05) is 6.61 Å². The quantitative estimate of drug-likeness (QED) is 0.645. The Morgan fingerprint density at radius 1 is 1.10 bits per heavy atom. The molecule has 170 valence electrons. The van der Waals surface area contributed by atoms with Crippen LogP contribution in [0.5, 0.6) is 0 Å². The smallest absolute Gasteiger partial charge is 0.396 e. The van der Waals surface area contributed by atoms with E-state index in [4.69, 9.17) is 0 Å². The Hall–Kier alpha value is -2.03. The molecule has 2 aromatic rings. The van der Waals surface area contributed by atoms with Gasteiger partial charge in [0.05, 0.1) is 11.7 Å². The highest BCUT2D eigenvalue weighted by atomic mass is 19.4. The molecule has 0 bridgehead atoms. The van der Waals surface area contributed by atoms with Gasteiger partial charge in [0, 0.05) is 42.4 Å². The van der Waals surface area contributed by atoms with Gasteiger partial charge < -0.3 is 15.5 Å². The van der Waals surface area contributed by atoms with Gasteiger partial charge in [0.25, 0.3) is 0 Å². The van der Waals surface area contributed by atoms with Gasteiger partial charge in [0.1, 0.15) is 5.82 Å². The Kier molecular flexibility index (Phi) is 7.03. The fourth-order valence-electron chi connectivity index (χ4n) is 4.28. The van der Waals surface area contributed by atoms with Crippen LogP contribution in [0, 0.1) is 11.8 Å². The standard InChI is InChI=1S/C23H30F3N3O2/c1-22(2,3)21-27-9-8-15(29-21)10-16-17(13-30)20(31)11-19(16)28-12-14-6-4-5-7-18(14)23(24,25)26/h4-9,16-17,19-20,28,30-31H,10-13H2,1-3H3/t16-,17-,19-,20-/m1/s1. The van der Waals surface area contributed by atoms with E-state index in [0.29, 0.717) is 18.7 Å². The van der Waals surface area contributed by atoms with Gasteiger partial charge in [-0.2, -0.15) is 13.2 Å². The van der Waals surface area contributed by atoms with Gasteiger partial charge >= 0.3 is 6.18 Å². The molecule has 4 atom stereocenters. The number of hydrogen-bond acceptors (Lipinski definition) is 5. The number of alkyl halides is 3. The van der Waals surface area contributed by atoms with Crippen molar-refractivity contribution in [1.82, 2.24) is 15.3 Å². The first kappa shape index (κ1) is 23.6. The fourth-order valence-corrected chi connectivity index (χ4v) is 4.28.